The van der Waals surface area contributed by atoms with Crippen LogP contribution in [0.25, 0.3) is 0 Å². The van der Waals surface area contributed by atoms with Gasteiger partial charge < -0.3 is 10.1 Å². The summed E-state index contributed by atoms with van der Waals surface area (Å²) in [6.45, 7) is 9.56. The first-order chi connectivity index (χ1) is 7.20. The van der Waals surface area contributed by atoms with Gasteiger partial charge in [-0.3, -0.25) is 0 Å². The highest BCUT2D eigenvalue weighted by Crippen LogP contribution is 2.27. The van der Waals surface area contributed by atoms with E-state index in [1.807, 2.05) is 0 Å². The minimum Gasteiger partial charge on any atom is -0.374 e. The predicted molar refractivity (Wildman–Crippen MR) is 65.1 cm³/mol. The number of hydrogen-bond donors (Lipinski definition) is 1. The molecular weight excluding hydrogens is 186 g/mol. The average Bonchev–Trinajstić information content (AvgIpc) is 2.76. The topological polar surface area (TPSA) is 21.3 Å². The van der Waals surface area contributed by atoms with Crippen molar-refractivity contribution in [2.45, 2.75) is 58.5 Å². The van der Waals surface area contributed by atoms with Crippen LogP contribution >= 0.6 is 0 Å². The summed E-state index contributed by atoms with van der Waals surface area (Å²) >= 11 is 0. The minimum absolute atomic E-state index is 0.0403. The fourth-order valence-electron chi connectivity index (χ4n) is 2.16. The maximum Gasteiger partial charge on any atom is 0.0775 e. The van der Waals surface area contributed by atoms with E-state index in [1.54, 1.807) is 0 Å². The van der Waals surface area contributed by atoms with E-state index in [9.17, 15) is 0 Å². The van der Waals surface area contributed by atoms with E-state index in [2.05, 4.69) is 26.1 Å². The molecule has 1 fully saturated rings. The Bertz CT molecular complexity index is 166. The van der Waals surface area contributed by atoms with Gasteiger partial charge >= 0.3 is 0 Å². The number of ether oxygens (including phenoxy) is 1. The van der Waals surface area contributed by atoms with Crippen molar-refractivity contribution in [3.63, 3.8) is 0 Å². The summed E-state index contributed by atoms with van der Waals surface area (Å²) in [5.41, 5.74) is 0.0403. The highest BCUT2D eigenvalue weighted by molar-refractivity contribution is 4.77. The molecule has 1 unspecified atom stereocenters. The van der Waals surface area contributed by atoms with Crippen LogP contribution in [-0.2, 0) is 4.74 Å². The van der Waals surface area contributed by atoms with Gasteiger partial charge in [0.25, 0.3) is 0 Å². The largest absolute Gasteiger partial charge is 0.374 e. The standard InChI is InChI=1S/C13H27NO/c1-4-13(3,11-14-5-2)15-10-12-8-6-7-9-12/h12,14H,4-11H2,1-3H3. The molecule has 2 nitrogen and oxygen atoms in total. The fourth-order valence-corrected chi connectivity index (χ4v) is 2.16. The van der Waals surface area contributed by atoms with Crippen molar-refractivity contribution < 1.29 is 4.74 Å². The van der Waals surface area contributed by atoms with E-state index in [1.165, 1.54) is 25.7 Å². The van der Waals surface area contributed by atoms with Crippen LogP contribution in [0.2, 0.25) is 0 Å². The minimum atomic E-state index is 0.0403. The molecule has 1 N–H and O–H groups in total. The van der Waals surface area contributed by atoms with Gasteiger partial charge in [0.15, 0.2) is 0 Å². The first-order valence-electron chi connectivity index (χ1n) is 6.55. The molecule has 0 heterocycles. The van der Waals surface area contributed by atoms with Crippen LogP contribution in [0.3, 0.4) is 0 Å². The first-order valence-corrected chi connectivity index (χ1v) is 6.55. The van der Waals surface area contributed by atoms with Crippen molar-refractivity contribution in [2.75, 3.05) is 19.7 Å². The lowest BCUT2D eigenvalue weighted by Crippen LogP contribution is -2.40. The molecule has 0 aliphatic heterocycles. The molecule has 1 atom stereocenters. The Labute approximate surface area is 94.8 Å². The lowest BCUT2D eigenvalue weighted by molar-refractivity contribution is -0.0482. The molecule has 90 valence electrons. The molecule has 1 saturated carbocycles. The predicted octanol–water partition coefficient (Wildman–Crippen LogP) is 2.97. The van der Waals surface area contributed by atoms with Gasteiger partial charge in [0, 0.05) is 6.54 Å². The van der Waals surface area contributed by atoms with Crippen molar-refractivity contribution in [3.05, 3.63) is 0 Å². The second kappa shape index (κ2) is 6.49. The van der Waals surface area contributed by atoms with Crippen LogP contribution in [0.5, 0.6) is 0 Å². The van der Waals surface area contributed by atoms with Gasteiger partial charge in [-0.05, 0) is 38.6 Å². The quantitative estimate of drug-likeness (QED) is 0.702. The molecule has 0 spiro atoms. The number of likely N-dealkylation sites (N-methyl/N-ethyl adjacent to an activating group) is 1. The Balaban J connectivity index is 2.24. The molecule has 0 amide bonds. The van der Waals surface area contributed by atoms with Crippen molar-refractivity contribution in [2.24, 2.45) is 5.92 Å². The second-order valence-corrected chi connectivity index (χ2v) is 5.05. The van der Waals surface area contributed by atoms with Crippen LogP contribution in [0, 0.1) is 5.92 Å². The molecule has 0 bridgehead atoms. The third-order valence-corrected chi connectivity index (χ3v) is 3.64. The molecule has 0 aromatic rings. The van der Waals surface area contributed by atoms with Crippen LogP contribution in [-0.4, -0.2) is 25.3 Å². The fraction of sp³-hybridized carbons (Fsp3) is 1.00. The van der Waals surface area contributed by atoms with Gasteiger partial charge in [-0.1, -0.05) is 26.7 Å². The monoisotopic (exact) mass is 213 g/mol. The van der Waals surface area contributed by atoms with Gasteiger partial charge in [0.05, 0.1) is 12.2 Å². The van der Waals surface area contributed by atoms with E-state index in [4.69, 9.17) is 4.74 Å². The van der Waals surface area contributed by atoms with Crippen LogP contribution in [0.1, 0.15) is 52.9 Å². The third-order valence-electron chi connectivity index (χ3n) is 3.64. The summed E-state index contributed by atoms with van der Waals surface area (Å²) in [5, 5.41) is 3.39. The second-order valence-electron chi connectivity index (χ2n) is 5.05. The summed E-state index contributed by atoms with van der Waals surface area (Å²) in [6, 6.07) is 0. The Hall–Kier alpha value is -0.0800. The Morgan fingerprint density at radius 1 is 1.27 bits per heavy atom. The molecule has 1 aliphatic rings. The Kier molecular flexibility index (Phi) is 5.62. The highest BCUT2D eigenvalue weighted by atomic mass is 16.5. The molecule has 1 aliphatic carbocycles. The summed E-state index contributed by atoms with van der Waals surface area (Å²) in [5.74, 6) is 0.831. The normalized spacial score (nSPS) is 21.8. The molecule has 15 heavy (non-hydrogen) atoms. The van der Waals surface area contributed by atoms with Crippen molar-refractivity contribution in [1.82, 2.24) is 5.32 Å². The lowest BCUT2D eigenvalue weighted by Gasteiger charge is -2.30. The number of rotatable bonds is 7. The highest BCUT2D eigenvalue weighted by Gasteiger charge is 2.24. The maximum absolute atomic E-state index is 6.10. The SMILES string of the molecule is CCNCC(C)(CC)OCC1CCCC1. The molecular formula is C13H27NO. The summed E-state index contributed by atoms with van der Waals surface area (Å²) in [4.78, 5) is 0. The van der Waals surface area contributed by atoms with E-state index >= 15 is 0 Å². The molecule has 0 aromatic carbocycles. The third kappa shape index (κ3) is 4.52. The molecule has 1 rings (SSSR count). The zero-order valence-electron chi connectivity index (χ0n) is 10.6. The van der Waals surface area contributed by atoms with Crippen LogP contribution in [0.15, 0.2) is 0 Å². The summed E-state index contributed by atoms with van der Waals surface area (Å²) in [7, 11) is 0. The first kappa shape index (κ1) is 13.0. The average molecular weight is 213 g/mol. The van der Waals surface area contributed by atoms with Gasteiger partial charge in [-0.2, -0.15) is 0 Å². The van der Waals surface area contributed by atoms with E-state index in [0.29, 0.717) is 0 Å². The van der Waals surface area contributed by atoms with Crippen molar-refractivity contribution in [1.29, 1.82) is 0 Å². The zero-order valence-corrected chi connectivity index (χ0v) is 10.6. The van der Waals surface area contributed by atoms with E-state index < -0.39 is 0 Å². The number of nitrogens with one attached hydrogen (secondary N) is 1. The van der Waals surface area contributed by atoms with Gasteiger partial charge in [-0.25, -0.2) is 0 Å². The molecule has 0 radical (unpaired) electrons. The zero-order chi connectivity index (χ0) is 11.1. The Morgan fingerprint density at radius 3 is 2.47 bits per heavy atom. The molecule has 0 aromatic heterocycles. The number of hydrogen-bond acceptors (Lipinski definition) is 2. The van der Waals surface area contributed by atoms with Crippen molar-refractivity contribution in [3.8, 4) is 0 Å². The molecule has 0 saturated heterocycles. The van der Waals surface area contributed by atoms with Gasteiger partial charge in [-0.15, -0.1) is 0 Å². The maximum atomic E-state index is 6.10. The smallest absolute Gasteiger partial charge is 0.0775 e. The van der Waals surface area contributed by atoms with Gasteiger partial charge in [0.1, 0.15) is 0 Å². The molecule has 2 heteroatoms. The van der Waals surface area contributed by atoms with E-state index in [0.717, 1.165) is 32.0 Å². The van der Waals surface area contributed by atoms with Crippen LogP contribution in [0.4, 0.5) is 0 Å². The lowest BCUT2D eigenvalue weighted by atomic mass is 10.0. The van der Waals surface area contributed by atoms with Crippen molar-refractivity contribution >= 4 is 0 Å². The summed E-state index contributed by atoms with van der Waals surface area (Å²) < 4.78 is 6.10. The van der Waals surface area contributed by atoms with Gasteiger partial charge in [0.2, 0.25) is 0 Å². The van der Waals surface area contributed by atoms with Crippen LogP contribution < -0.4 is 5.32 Å². The summed E-state index contributed by atoms with van der Waals surface area (Å²) in [6.07, 6.45) is 6.66. The van der Waals surface area contributed by atoms with E-state index in [-0.39, 0.29) is 5.60 Å². The Morgan fingerprint density at radius 2 is 1.93 bits per heavy atom.